The monoisotopic (exact) mass is 370 g/mol. The van der Waals surface area contributed by atoms with Crippen LogP contribution in [0, 0.1) is 56.7 Å². The zero-order chi connectivity index (χ0) is 20.1. The standard InChI is InChI=1S/C21H18N6O/c1-2-27-8-7-13-14(9-22)18(25)20(11-23,12-24)21(16(13)10-27)15-5-3-4-6-17(15)26-19(21)28/h3-7,14,16,25H,2,8,10H2,1H3,(H,26,28)/t14?,16-,21-/m1/s1. The highest BCUT2D eigenvalue weighted by molar-refractivity contribution is 6.16. The van der Waals surface area contributed by atoms with Crippen molar-refractivity contribution in [3.63, 3.8) is 0 Å². The van der Waals surface area contributed by atoms with E-state index in [1.807, 2.05) is 25.1 Å². The van der Waals surface area contributed by atoms with Gasteiger partial charge in [0.2, 0.25) is 11.3 Å². The van der Waals surface area contributed by atoms with E-state index in [1.165, 1.54) is 0 Å². The molecule has 3 atom stereocenters. The zero-order valence-electron chi connectivity index (χ0n) is 15.4. The second kappa shape index (κ2) is 6.02. The summed E-state index contributed by atoms with van der Waals surface area (Å²) in [6, 6.07) is 13.2. The molecule has 0 aromatic heterocycles. The number of carbonyl (C=O) groups excluding carboxylic acids is 1. The van der Waals surface area contributed by atoms with Crippen molar-refractivity contribution >= 4 is 17.3 Å². The lowest BCUT2D eigenvalue weighted by atomic mass is 9.45. The molecule has 7 heteroatoms. The van der Waals surface area contributed by atoms with Crippen LogP contribution in [0.5, 0.6) is 0 Å². The van der Waals surface area contributed by atoms with Crippen LogP contribution in [0.4, 0.5) is 5.69 Å². The number of fused-ring (bicyclic) bond motifs is 4. The van der Waals surface area contributed by atoms with Gasteiger partial charge >= 0.3 is 0 Å². The molecule has 0 radical (unpaired) electrons. The Kier molecular flexibility index (Phi) is 3.85. The van der Waals surface area contributed by atoms with Crippen molar-refractivity contribution in [2.75, 3.05) is 25.0 Å². The molecule has 0 bridgehead atoms. The molecule has 1 fully saturated rings. The Balaban J connectivity index is 2.12. The Morgan fingerprint density at radius 2 is 2.00 bits per heavy atom. The minimum Gasteiger partial charge on any atom is -0.325 e. The van der Waals surface area contributed by atoms with Gasteiger partial charge in [0.1, 0.15) is 11.3 Å². The van der Waals surface area contributed by atoms with Gasteiger partial charge in [-0.15, -0.1) is 0 Å². The number of benzene rings is 1. The summed E-state index contributed by atoms with van der Waals surface area (Å²) >= 11 is 0. The molecule has 1 unspecified atom stereocenters. The first-order chi connectivity index (χ1) is 13.5. The Morgan fingerprint density at radius 1 is 1.29 bits per heavy atom. The van der Waals surface area contributed by atoms with Crippen molar-refractivity contribution in [2.24, 2.45) is 17.3 Å². The van der Waals surface area contributed by atoms with E-state index in [0.717, 1.165) is 6.54 Å². The van der Waals surface area contributed by atoms with Crippen molar-refractivity contribution in [2.45, 2.75) is 12.3 Å². The van der Waals surface area contributed by atoms with Gasteiger partial charge in [-0.2, -0.15) is 15.8 Å². The zero-order valence-corrected chi connectivity index (χ0v) is 15.4. The first-order valence-corrected chi connectivity index (χ1v) is 9.16. The summed E-state index contributed by atoms with van der Waals surface area (Å²) in [4.78, 5) is 15.6. The second-order valence-corrected chi connectivity index (χ2v) is 7.37. The van der Waals surface area contributed by atoms with E-state index < -0.39 is 28.6 Å². The number of hydrogen-bond acceptors (Lipinski definition) is 6. The molecule has 7 nitrogen and oxygen atoms in total. The van der Waals surface area contributed by atoms with Gasteiger partial charge in [0, 0.05) is 24.7 Å². The van der Waals surface area contributed by atoms with Crippen molar-refractivity contribution in [3.8, 4) is 18.2 Å². The highest BCUT2D eigenvalue weighted by atomic mass is 16.2. The van der Waals surface area contributed by atoms with Crippen molar-refractivity contribution < 1.29 is 4.79 Å². The first-order valence-electron chi connectivity index (χ1n) is 9.16. The predicted octanol–water partition coefficient (Wildman–Crippen LogP) is 1.96. The lowest BCUT2D eigenvalue weighted by Gasteiger charge is -2.52. The van der Waals surface area contributed by atoms with Crippen LogP contribution in [0.15, 0.2) is 35.9 Å². The first kappa shape index (κ1) is 17.9. The number of carbonyl (C=O) groups is 1. The Hall–Kier alpha value is -3.47. The Labute approximate surface area is 163 Å². The molecule has 1 amide bonds. The summed E-state index contributed by atoms with van der Waals surface area (Å²) in [6.45, 7) is 3.79. The van der Waals surface area contributed by atoms with E-state index in [1.54, 1.807) is 24.3 Å². The van der Waals surface area contributed by atoms with Gasteiger partial charge in [-0.25, -0.2) is 0 Å². The molecule has 1 spiro atoms. The fourth-order valence-corrected chi connectivity index (χ4v) is 5.09. The van der Waals surface area contributed by atoms with Crippen molar-refractivity contribution in [1.29, 1.82) is 21.2 Å². The van der Waals surface area contributed by atoms with Crippen molar-refractivity contribution in [1.82, 2.24) is 4.90 Å². The average Bonchev–Trinajstić information content (AvgIpc) is 3.02. The Morgan fingerprint density at radius 3 is 2.64 bits per heavy atom. The number of nitriles is 3. The quantitative estimate of drug-likeness (QED) is 0.730. The molecular weight excluding hydrogens is 352 g/mol. The maximum atomic E-state index is 13.5. The summed E-state index contributed by atoms with van der Waals surface area (Å²) in [7, 11) is 0. The molecule has 1 aromatic carbocycles. The molecule has 2 aliphatic heterocycles. The van der Waals surface area contributed by atoms with Crippen LogP contribution < -0.4 is 5.32 Å². The molecule has 3 aliphatic rings. The summed E-state index contributed by atoms with van der Waals surface area (Å²) in [5.41, 5.74) is -2.14. The molecule has 138 valence electrons. The predicted molar refractivity (Wildman–Crippen MR) is 101 cm³/mol. The van der Waals surface area contributed by atoms with Crippen LogP contribution in [0.25, 0.3) is 0 Å². The van der Waals surface area contributed by atoms with Gasteiger partial charge in [-0.05, 0) is 23.7 Å². The van der Waals surface area contributed by atoms with Gasteiger partial charge in [0.15, 0.2) is 0 Å². The van der Waals surface area contributed by atoms with E-state index in [0.29, 0.717) is 29.9 Å². The Bertz CT molecular complexity index is 1040. The fraction of sp³-hybridized carbons (Fsp3) is 0.381. The molecular formula is C21H18N6O. The number of likely N-dealkylation sites (N-methyl/N-ethyl adjacent to an activating group) is 1. The summed E-state index contributed by atoms with van der Waals surface area (Å²) in [6.07, 6.45) is 1.90. The minimum absolute atomic E-state index is 0.306. The third kappa shape index (κ3) is 1.83. The topological polar surface area (TPSA) is 128 Å². The number of rotatable bonds is 1. The summed E-state index contributed by atoms with van der Waals surface area (Å²) in [5.74, 6) is -1.97. The van der Waals surface area contributed by atoms with Gasteiger partial charge in [-0.1, -0.05) is 31.2 Å². The van der Waals surface area contributed by atoms with Gasteiger partial charge in [0.25, 0.3) is 0 Å². The number of hydrogen-bond donors (Lipinski definition) is 2. The molecule has 1 aliphatic carbocycles. The van der Waals surface area contributed by atoms with Crippen LogP contribution in [-0.2, 0) is 10.2 Å². The SMILES string of the molecule is CCN1CC=C2C(C#N)C(=N)C(C#N)(C#N)[C@@]3(C(=O)Nc4ccccc43)[C@@H]2C1. The molecule has 28 heavy (non-hydrogen) atoms. The van der Waals surface area contributed by atoms with Gasteiger partial charge < -0.3 is 10.7 Å². The van der Waals surface area contributed by atoms with E-state index in [-0.39, 0.29) is 5.71 Å². The third-order valence-corrected chi connectivity index (χ3v) is 6.44. The molecule has 4 rings (SSSR count). The van der Waals surface area contributed by atoms with Crippen LogP contribution in [-0.4, -0.2) is 36.2 Å². The normalized spacial score (nSPS) is 30.3. The lowest BCUT2D eigenvalue weighted by molar-refractivity contribution is -0.125. The lowest BCUT2D eigenvalue weighted by Crippen LogP contribution is -2.66. The summed E-state index contributed by atoms with van der Waals surface area (Å²) < 4.78 is 0. The van der Waals surface area contributed by atoms with Crippen LogP contribution in [0.3, 0.4) is 0 Å². The van der Waals surface area contributed by atoms with Gasteiger partial charge in [-0.3, -0.25) is 9.69 Å². The maximum Gasteiger partial charge on any atom is 0.238 e. The molecule has 2 N–H and O–H groups in total. The molecule has 1 aromatic rings. The number of nitrogens with one attached hydrogen (secondary N) is 2. The third-order valence-electron chi connectivity index (χ3n) is 6.44. The van der Waals surface area contributed by atoms with Crippen LogP contribution in [0.2, 0.25) is 0 Å². The molecule has 2 heterocycles. The molecule has 0 saturated heterocycles. The van der Waals surface area contributed by atoms with E-state index >= 15 is 0 Å². The largest absolute Gasteiger partial charge is 0.325 e. The fourth-order valence-electron chi connectivity index (χ4n) is 5.09. The number of nitrogens with zero attached hydrogens (tertiary/aromatic N) is 4. The summed E-state index contributed by atoms with van der Waals surface area (Å²) in [5, 5.41) is 41.6. The van der Waals surface area contributed by atoms with Gasteiger partial charge in [0.05, 0.1) is 23.9 Å². The highest BCUT2D eigenvalue weighted by Crippen LogP contribution is 2.61. The average molecular weight is 370 g/mol. The van der Waals surface area contributed by atoms with Crippen LogP contribution >= 0.6 is 0 Å². The number of amides is 1. The van der Waals surface area contributed by atoms with E-state index in [2.05, 4.69) is 16.3 Å². The maximum absolute atomic E-state index is 13.5. The number of para-hydroxylation sites is 1. The van der Waals surface area contributed by atoms with Crippen molar-refractivity contribution in [3.05, 3.63) is 41.5 Å². The smallest absolute Gasteiger partial charge is 0.238 e. The van der Waals surface area contributed by atoms with E-state index in [9.17, 15) is 20.6 Å². The number of anilines is 1. The van der Waals surface area contributed by atoms with Crippen LogP contribution in [0.1, 0.15) is 12.5 Å². The molecule has 1 saturated carbocycles. The second-order valence-electron chi connectivity index (χ2n) is 7.37. The van der Waals surface area contributed by atoms with E-state index in [4.69, 9.17) is 5.41 Å². The minimum atomic E-state index is -2.05. The highest BCUT2D eigenvalue weighted by Gasteiger charge is 2.73.